The van der Waals surface area contributed by atoms with Gasteiger partial charge < -0.3 is 9.90 Å². The summed E-state index contributed by atoms with van der Waals surface area (Å²) in [7, 11) is 0. The van der Waals surface area contributed by atoms with Crippen LogP contribution in [0.4, 0.5) is 0 Å². The van der Waals surface area contributed by atoms with Crippen molar-refractivity contribution < 1.29 is 14.7 Å². The molecule has 0 unspecified atom stereocenters. The van der Waals surface area contributed by atoms with Crippen molar-refractivity contribution in [2.24, 2.45) is 0 Å². The quantitative estimate of drug-likeness (QED) is 0.251. The molecule has 0 aromatic heterocycles. The number of carbonyl (C=O) groups is 2. The van der Waals surface area contributed by atoms with Gasteiger partial charge in [0.15, 0.2) is 0 Å². The van der Waals surface area contributed by atoms with Gasteiger partial charge in [-0.3, -0.25) is 4.79 Å². The minimum atomic E-state index is -0.659. The number of Topliss-reactive ketones (excluding diaryl/α,β-unsaturated/α-hetero) is 1. The van der Waals surface area contributed by atoms with E-state index in [1.54, 1.807) is 6.92 Å². The molecule has 156 valence electrons. The molecule has 0 spiro atoms. The van der Waals surface area contributed by atoms with Crippen LogP contribution >= 0.6 is 0 Å². The largest absolute Gasteiger partial charge is 0.481 e. The first-order valence-electron chi connectivity index (χ1n) is 11.3. The smallest absolute Gasteiger partial charge is 0.303 e. The second-order valence-electron chi connectivity index (χ2n) is 7.55. The van der Waals surface area contributed by atoms with Gasteiger partial charge in [0, 0.05) is 12.8 Å². The maximum absolute atomic E-state index is 10.6. The molecule has 0 rings (SSSR count). The van der Waals surface area contributed by atoms with Crippen molar-refractivity contribution in [2.45, 2.75) is 136 Å². The summed E-state index contributed by atoms with van der Waals surface area (Å²) in [4.78, 5) is 20.8. The van der Waals surface area contributed by atoms with E-state index in [4.69, 9.17) is 5.11 Å². The van der Waals surface area contributed by atoms with Crippen molar-refractivity contribution in [3.63, 3.8) is 0 Å². The van der Waals surface area contributed by atoms with Crippen molar-refractivity contribution in [3.8, 4) is 0 Å². The van der Waals surface area contributed by atoms with Crippen molar-refractivity contribution >= 4 is 11.8 Å². The average Bonchev–Trinajstić information content (AvgIpc) is 2.59. The van der Waals surface area contributed by atoms with Crippen LogP contribution in [-0.2, 0) is 9.59 Å². The summed E-state index contributed by atoms with van der Waals surface area (Å²) in [6.45, 7) is 6.14. The number of carbonyl (C=O) groups excluding carboxylic acids is 1. The highest BCUT2D eigenvalue weighted by molar-refractivity contribution is 5.75. The lowest BCUT2D eigenvalue weighted by molar-refractivity contribution is -0.137. The van der Waals surface area contributed by atoms with Gasteiger partial charge in [-0.2, -0.15) is 0 Å². The van der Waals surface area contributed by atoms with Crippen LogP contribution in [0.5, 0.6) is 0 Å². The maximum Gasteiger partial charge on any atom is 0.303 e. The number of carboxylic acid groups (broad SMARTS) is 1. The van der Waals surface area contributed by atoms with Gasteiger partial charge in [-0.25, -0.2) is 0 Å². The Morgan fingerprint density at radius 3 is 1.15 bits per heavy atom. The van der Waals surface area contributed by atoms with Gasteiger partial charge in [0.1, 0.15) is 5.78 Å². The lowest BCUT2D eigenvalue weighted by Crippen LogP contribution is -1.93. The van der Waals surface area contributed by atoms with E-state index in [0.717, 1.165) is 25.7 Å². The van der Waals surface area contributed by atoms with Gasteiger partial charge in [0.2, 0.25) is 0 Å². The van der Waals surface area contributed by atoms with E-state index in [2.05, 4.69) is 13.8 Å². The molecule has 0 aromatic carbocycles. The first kappa shape index (κ1) is 27.4. The van der Waals surface area contributed by atoms with Gasteiger partial charge in [-0.05, 0) is 19.8 Å². The molecule has 0 atom stereocenters. The summed E-state index contributed by atoms with van der Waals surface area (Å²) >= 11 is 0. The third kappa shape index (κ3) is 31.0. The van der Waals surface area contributed by atoms with E-state index in [-0.39, 0.29) is 0 Å². The molecular formula is C23H46O3. The Kier molecular flexibility index (Phi) is 25.4. The second kappa shape index (κ2) is 24.1. The topological polar surface area (TPSA) is 54.4 Å². The number of hydrogen-bond acceptors (Lipinski definition) is 2. The summed E-state index contributed by atoms with van der Waals surface area (Å²) in [5.41, 5.74) is 0. The van der Waals surface area contributed by atoms with Crippen LogP contribution in [0.3, 0.4) is 0 Å². The van der Waals surface area contributed by atoms with Crippen molar-refractivity contribution in [2.75, 3.05) is 0 Å². The molecule has 3 nitrogen and oxygen atoms in total. The molecule has 0 bridgehead atoms. The molecule has 0 heterocycles. The molecule has 0 aliphatic heterocycles. The molecule has 0 aliphatic rings. The Bertz CT molecular complexity index is 300. The highest BCUT2D eigenvalue weighted by atomic mass is 16.4. The SMILES string of the molecule is CCCCCCCCCC(C)=O.CCCCCCCCCCCC(=O)O. The molecular weight excluding hydrogens is 324 g/mol. The molecule has 0 saturated heterocycles. The van der Waals surface area contributed by atoms with Crippen LogP contribution in [0.15, 0.2) is 0 Å². The Balaban J connectivity index is 0. The fraction of sp³-hybridized carbons (Fsp3) is 0.913. The van der Waals surface area contributed by atoms with Crippen LogP contribution in [0.25, 0.3) is 0 Å². The number of aliphatic carboxylic acids is 1. The van der Waals surface area contributed by atoms with E-state index in [1.807, 2.05) is 0 Å². The number of carboxylic acids is 1. The van der Waals surface area contributed by atoms with Crippen molar-refractivity contribution in [1.82, 2.24) is 0 Å². The molecule has 0 aliphatic carbocycles. The lowest BCUT2D eigenvalue weighted by atomic mass is 10.1. The minimum Gasteiger partial charge on any atom is -0.481 e. The summed E-state index contributed by atoms with van der Waals surface area (Å²) in [6, 6.07) is 0. The van der Waals surface area contributed by atoms with Crippen molar-refractivity contribution in [3.05, 3.63) is 0 Å². The fourth-order valence-electron chi connectivity index (χ4n) is 2.92. The predicted octanol–water partition coefficient (Wildman–Crippen LogP) is 7.71. The highest BCUT2D eigenvalue weighted by Gasteiger charge is 1.96. The Hall–Kier alpha value is -0.860. The number of unbranched alkanes of at least 4 members (excludes halogenated alkanes) is 14. The summed E-state index contributed by atoms with van der Waals surface area (Å²) in [6.07, 6.45) is 21.3. The number of hydrogen-bond donors (Lipinski definition) is 1. The highest BCUT2D eigenvalue weighted by Crippen LogP contribution is 2.10. The zero-order chi connectivity index (χ0) is 19.9. The van der Waals surface area contributed by atoms with Crippen LogP contribution in [0.1, 0.15) is 136 Å². The molecule has 1 N–H and O–H groups in total. The summed E-state index contributed by atoms with van der Waals surface area (Å²) in [5.74, 6) is -0.323. The van der Waals surface area contributed by atoms with Gasteiger partial charge in [-0.1, -0.05) is 104 Å². The zero-order valence-corrected chi connectivity index (χ0v) is 18.0. The molecule has 0 radical (unpaired) electrons. The molecule has 3 heteroatoms. The van der Waals surface area contributed by atoms with Gasteiger partial charge in [-0.15, -0.1) is 0 Å². The fourth-order valence-corrected chi connectivity index (χ4v) is 2.92. The average molecular weight is 371 g/mol. The monoisotopic (exact) mass is 370 g/mol. The van der Waals surface area contributed by atoms with E-state index in [9.17, 15) is 9.59 Å². The lowest BCUT2D eigenvalue weighted by Gasteiger charge is -2.00. The Morgan fingerprint density at radius 1 is 0.538 bits per heavy atom. The van der Waals surface area contributed by atoms with Crippen LogP contribution in [0.2, 0.25) is 0 Å². The van der Waals surface area contributed by atoms with E-state index in [0.29, 0.717) is 12.2 Å². The second-order valence-corrected chi connectivity index (χ2v) is 7.55. The van der Waals surface area contributed by atoms with E-state index in [1.165, 1.54) is 83.5 Å². The Labute approximate surface area is 163 Å². The molecule has 0 aromatic rings. The number of ketones is 1. The Morgan fingerprint density at radius 2 is 0.846 bits per heavy atom. The third-order valence-corrected chi connectivity index (χ3v) is 4.63. The number of rotatable bonds is 18. The summed E-state index contributed by atoms with van der Waals surface area (Å²) in [5, 5.41) is 8.41. The van der Waals surface area contributed by atoms with Gasteiger partial charge in [0.25, 0.3) is 0 Å². The van der Waals surface area contributed by atoms with E-state index >= 15 is 0 Å². The van der Waals surface area contributed by atoms with Crippen LogP contribution < -0.4 is 0 Å². The molecule has 0 saturated carbocycles. The first-order valence-corrected chi connectivity index (χ1v) is 11.3. The summed E-state index contributed by atoms with van der Waals surface area (Å²) < 4.78 is 0. The third-order valence-electron chi connectivity index (χ3n) is 4.63. The molecule has 26 heavy (non-hydrogen) atoms. The molecule has 0 fully saturated rings. The predicted molar refractivity (Wildman–Crippen MR) is 113 cm³/mol. The van der Waals surface area contributed by atoms with Crippen LogP contribution in [-0.4, -0.2) is 16.9 Å². The normalized spacial score (nSPS) is 10.3. The standard InChI is InChI=1S/C12H24O2.C11H22O/c1-2-3-4-5-6-7-8-9-10-11-12(13)14;1-3-4-5-6-7-8-9-10-11(2)12/h2-11H2,1H3,(H,13,14);3-10H2,1-2H3. The zero-order valence-electron chi connectivity index (χ0n) is 18.0. The van der Waals surface area contributed by atoms with Crippen molar-refractivity contribution in [1.29, 1.82) is 0 Å². The van der Waals surface area contributed by atoms with Gasteiger partial charge >= 0.3 is 5.97 Å². The first-order chi connectivity index (χ1) is 12.5. The molecule has 0 amide bonds. The van der Waals surface area contributed by atoms with E-state index < -0.39 is 5.97 Å². The maximum atomic E-state index is 10.6. The van der Waals surface area contributed by atoms with Gasteiger partial charge in [0.05, 0.1) is 0 Å². The minimum absolute atomic E-state index is 0.337. The van der Waals surface area contributed by atoms with Crippen LogP contribution in [0, 0.1) is 0 Å².